The molecule has 0 aromatic heterocycles. The van der Waals surface area contributed by atoms with Crippen LogP contribution in [0.5, 0.6) is 5.75 Å². The van der Waals surface area contributed by atoms with Crippen LogP contribution in [0.1, 0.15) is 116 Å². The highest BCUT2D eigenvalue weighted by atomic mass is 31.2. The molecule has 322 valence electrons. The second-order valence-electron chi connectivity index (χ2n) is 16.0. The summed E-state index contributed by atoms with van der Waals surface area (Å²) in [4.78, 5) is 0. The van der Waals surface area contributed by atoms with Crippen molar-refractivity contribution in [2.24, 2.45) is 17.3 Å². The predicted octanol–water partition coefficient (Wildman–Crippen LogP) is 11.7. The van der Waals surface area contributed by atoms with Gasteiger partial charge in [0, 0.05) is 18.7 Å². The molecule has 1 aromatic rings. The van der Waals surface area contributed by atoms with Crippen molar-refractivity contribution in [3.05, 3.63) is 29.3 Å². The monoisotopic (exact) mass is 836 g/mol. The molecule has 2 saturated carbocycles. The molecular formula is C39H58F9N2O5P. The van der Waals surface area contributed by atoms with E-state index in [0.29, 0.717) is 50.4 Å². The van der Waals surface area contributed by atoms with Crippen LogP contribution in [-0.4, -0.2) is 86.2 Å². The Kier molecular flexibility index (Phi) is 16.4. The summed E-state index contributed by atoms with van der Waals surface area (Å²) in [7, 11) is -1.21. The SMILES string of the molecule is CC(C)N(C(C)C)P(OCCCC=N)OCCCCOc1ccc2c(c1)CC[C@@H]1[C@@H]2CC[C@]2(C)[C@@H](OCCCOC(C(F)(F)F)(C(F)(F)F)C(F)(F)F)CC[C@@H]12. The molecule has 0 heterocycles. The minimum atomic E-state index is -6.74. The van der Waals surface area contributed by atoms with Crippen molar-refractivity contribution < 1.29 is 62.8 Å². The normalized spacial score (nSPS) is 25.0. The standard InChI is InChI=1S/C39H58F9N2O5P/c1-26(2)50(27(3)4)56(54-23-7-6-19-49)55-24-9-8-20-51-29-12-14-30-28(25-29)11-13-32-31(30)17-18-35(5)33(32)15-16-34(35)52-21-10-22-53-36(37(40,41)42,38(43,44)45)39(46,47)48/h12,14,19,25-27,31-34,49H,6-11,13,15-18,20-24H2,1-5H3/t31-,32-,33+,34+,35+,56?/m1/s1. The van der Waals surface area contributed by atoms with E-state index < -0.39 is 45.7 Å². The third kappa shape index (κ3) is 10.5. The van der Waals surface area contributed by atoms with E-state index in [2.05, 4.69) is 56.2 Å². The van der Waals surface area contributed by atoms with E-state index in [-0.39, 0.29) is 30.2 Å². The van der Waals surface area contributed by atoms with Crippen LogP contribution in [0.3, 0.4) is 0 Å². The van der Waals surface area contributed by atoms with E-state index in [4.69, 9.17) is 23.9 Å². The van der Waals surface area contributed by atoms with Crippen molar-refractivity contribution in [1.29, 1.82) is 5.41 Å². The Bertz CT molecular complexity index is 1350. The van der Waals surface area contributed by atoms with Crippen LogP contribution in [-0.2, 0) is 24.9 Å². The highest BCUT2D eigenvalue weighted by molar-refractivity contribution is 7.44. The lowest BCUT2D eigenvalue weighted by Gasteiger charge is -2.50. The van der Waals surface area contributed by atoms with Gasteiger partial charge in [-0.15, -0.1) is 0 Å². The molecule has 0 bridgehead atoms. The molecule has 1 aromatic carbocycles. The number of fused-ring (bicyclic) bond motifs is 5. The molecule has 0 spiro atoms. The number of unbranched alkanes of at least 4 members (excludes halogenated alkanes) is 2. The molecule has 56 heavy (non-hydrogen) atoms. The minimum absolute atomic E-state index is 0.265. The number of nitrogens with zero attached hydrogens (tertiary/aromatic N) is 1. The average Bonchev–Trinajstić information content (AvgIpc) is 3.43. The molecule has 6 atom stereocenters. The first-order chi connectivity index (χ1) is 26.2. The first-order valence-electron chi connectivity index (χ1n) is 19.7. The lowest BCUT2D eigenvalue weighted by Crippen LogP contribution is -2.67. The highest BCUT2D eigenvalue weighted by Gasteiger charge is 2.85. The van der Waals surface area contributed by atoms with E-state index in [1.807, 2.05) is 6.07 Å². The van der Waals surface area contributed by atoms with Gasteiger partial charge in [-0.2, -0.15) is 39.5 Å². The van der Waals surface area contributed by atoms with Gasteiger partial charge >= 0.3 is 24.1 Å². The van der Waals surface area contributed by atoms with Gasteiger partial charge in [0.15, 0.2) is 0 Å². The van der Waals surface area contributed by atoms with Gasteiger partial charge < -0.3 is 28.7 Å². The number of aryl methyl sites for hydroxylation is 1. The van der Waals surface area contributed by atoms with Crippen LogP contribution in [0.25, 0.3) is 0 Å². The molecular weight excluding hydrogens is 778 g/mol. The minimum Gasteiger partial charge on any atom is -0.494 e. The second kappa shape index (κ2) is 19.6. The lowest BCUT2D eigenvalue weighted by molar-refractivity contribution is -0.457. The molecule has 2 fully saturated rings. The summed E-state index contributed by atoms with van der Waals surface area (Å²) < 4.78 is 149. The Morgan fingerprint density at radius 1 is 0.804 bits per heavy atom. The molecule has 1 N–H and O–H groups in total. The summed E-state index contributed by atoms with van der Waals surface area (Å²) in [6.45, 7) is 10.5. The van der Waals surface area contributed by atoms with E-state index in [1.54, 1.807) is 0 Å². The van der Waals surface area contributed by atoms with Crippen LogP contribution in [0, 0.1) is 22.7 Å². The molecule has 0 radical (unpaired) electrons. The van der Waals surface area contributed by atoms with Gasteiger partial charge in [0.2, 0.25) is 0 Å². The Morgan fingerprint density at radius 2 is 1.43 bits per heavy atom. The fourth-order valence-electron chi connectivity index (χ4n) is 9.12. The van der Waals surface area contributed by atoms with Crippen molar-refractivity contribution in [3.8, 4) is 5.75 Å². The van der Waals surface area contributed by atoms with Crippen molar-refractivity contribution in [2.75, 3.05) is 33.0 Å². The van der Waals surface area contributed by atoms with Crippen LogP contribution in [0.4, 0.5) is 39.5 Å². The number of halogens is 9. The van der Waals surface area contributed by atoms with Crippen molar-refractivity contribution in [1.82, 2.24) is 4.67 Å². The molecule has 17 heteroatoms. The largest absolute Gasteiger partial charge is 0.494 e. The Labute approximate surface area is 326 Å². The van der Waals surface area contributed by atoms with Crippen LogP contribution >= 0.6 is 8.53 Å². The summed E-state index contributed by atoms with van der Waals surface area (Å²) >= 11 is 0. The summed E-state index contributed by atoms with van der Waals surface area (Å²) in [5, 5.41) is 7.24. The van der Waals surface area contributed by atoms with Gasteiger partial charge in [-0.1, -0.05) is 13.0 Å². The maximum Gasteiger partial charge on any atom is 0.435 e. The number of hydrogen-bond donors (Lipinski definition) is 1. The molecule has 1 unspecified atom stereocenters. The van der Waals surface area contributed by atoms with E-state index in [9.17, 15) is 39.5 Å². The molecule has 3 aliphatic rings. The first-order valence-corrected chi connectivity index (χ1v) is 20.9. The summed E-state index contributed by atoms with van der Waals surface area (Å²) in [6, 6.07) is 6.84. The summed E-state index contributed by atoms with van der Waals surface area (Å²) in [5.74, 6) is 1.84. The quantitative estimate of drug-likeness (QED) is 0.0575. The smallest absolute Gasteiger partial charge is 0.435 e. The van der Waals surface area contributed by atoms with Gasteiger partial charge in [0.05, 0.1) is 32.5 Å². The van der Waals surface area contributed by atoms with E-state index in [0.717, 1.165) is 57.1 Å². The highest BCUT2D eigenvalue weighted by Crippen LogP contribution is 2.62. The predicted molar refractivity (Wildman–Crippen MR) is 196 cm³/mol. The number of rotatable bonds is 21. The number of benzene rings is 1. The molecule has 0 amide bonds. The van der Waals surface area contributed by atoms with Gasteiger partial charge in [-0.3, -0.25) is 0 Å². The van der Waals surface area contributed by atoms with Crippen molar-refractivity contribution in [2.45, 2.75) is 153 Å². The number of alkyl halides is 9. The second-order valence-corrected chi connectivity index (χ2v) is 17.5. The fourth-order valence-corrected chi connectivity index (χ4v) is 10.8. The zero-order valence-electron chi connectivity index (χ0n) is 32.9. The molecule has 3 aliphatic carbocycles. The van der Waals surface area contributed by atoms with Gasteiger partial charge in [-0.25, -0.2) is 4.67 Å². The lowest BCUT2D eigenvalue weighted by atomic mass is 9.55. The van der Waals surface area contributed by atoms with Gasteiger partial charge in [0.1, 0.15) is 5.75 Å². The van der Waals surface area contributed by atoms with Crippen LogP contribution < -0.4 is 4.74 Å². The Morgan fingerprint density at radius 3 is 2.04 bits per heavy atom. The third-order valence-electron chi connectivity index (χ3n) is 11.7. The maximum absolute atomic E-state index is 13.2. The number of ether oxygens (including phenoxy) is 3. The first kappa shape index (κ1) is 47.0. The maximum atomic E-state index is 13.2. The molecule has 7 nitrogen and oxygen atoms in total. The van der Waals surface area contributed by atoms with Crippen LogP contribution in [0.15, 0.2) is 18.2 Å². The molecule has 4 rings (SSSR count). The number of nitrogens with one attached hydrogen (secondary N) is 1. The van der Waals surface area contributed by atoms with E-state index in [1.165, 1.54) is 17.3 Å². The van der Waals surface area contributed by atoms with Crippen molar-refractivity contribution >= 4 is 14.7 Å². The third-order valence-corrected chi connectivity index (χ3v) is 13.8. The zero-order valence-corrected chi connectivity index (χ0v) is 33.8. The van der Waals surface area contributed by atoms with Gasteiger partial charge in [-0.05, 0) is 151 Å². The van der Waals surface area contributed by atoms with E-state index >= 15 is 0 Å². The Hall–Kier alpha value is -1.71. The average molecular weight is 837 g/mol. The van der Waals surface area contributed by atoms with Gasteiger partial charge in [0.25, 0.3) is 8.53 Å². The zero-order chi connectivity index (χ0) is 41.5. The fraction of sp³-hybridized carbons (Fsp3) is 0.821. The van der Waals surface area contributed by atoms with Crippen LogP contribution in [0.2, 0.25) is 0 Å². The topological polar surface area (TPSA) is 73.2 Å². The Balaban J connectivity index is 1.25. The molecule has 0 saturated heterocycles. The van der Waals surface area contributed by atoms with Crippen molar-refractivity contribution in [3.63, 3.8) is 0 Å². The number of hydrogen-bond acceptors (Lipinski definition) is 7. The summed E-state index contributed by atoms with van der Waals surface area (Å²) in [6.07, 6.45) is -11.6. The molecule has 0 aliphatic heterocycles. The summed E-state index contributed by atoms with van der Waals surface area (Å²) in [5.41, 5.74) is -3.96.